The van der Waals surface area contributed by atoms with Gasteiger partial charge in [0.25, 0.3) is 0 Å². The van der Waals surface area contributed by atoms with Crippen molar-refractivity contribution in [3.05, 3.63) is 162 Å². The Bertz CT molecular complexity index is 1960. The number of rotatable bonds is 3. The largest absolute Gasteiger partial charge is 0.0836 e. The Balaban J connectivity index is 1.22. The van der Waals surface area contributed by atoms with Crippen LogP contribution in [0.25, 0.3) is 49.9 Å². The third kappa shape index (κ3) is 3.83. The number of hydrogen-bond donors (Lipinski definition) is 0. The molecule has 0 amide bonds. The molecule has 0 bridgehead atoms. The lowest BCUT2D eigenvalue weighted by atomic mass is 9.75. The molecule has 5 aromatic rings. The van der Waals surface area contributed by atoms with Crippen molar-refractivity contribution in [1.29, 1.82) is 0 Å². The van der Waals surface area contributed by atoms with Crippen molar-refractivity contribution >= 4 is 38.8 Å². The minimum atomic E-state index is 0.360. The highest BCUT2D eigenvalue weighted by molar-refractivity contribution is 6.13. The van der Waals surface area contributed by atoms with Crippen molar-refractivity contribution in [2.24, 2.45) is 5.92 Å². The van der Waals surface area contributed by atoms with Crippen molar-refractivity contribution < 1.29 is 0 Å². The Morgan fingerprint density at radius 1 is 0.600 bits per heavy atom. The van der Waals surface area contributed by atoms with Gasteiger partial charge in [0.2, 0.25) is 0 Å². The lowest BCUT2D eigenvalue weighted by Gasteiger charge is -2.29. The van der Waals surface area contributed by atoms with Gasteiger partial charge in [0.1, 0.15) is 0 Å². The van der Waals surface area contributed by atoms with Gasteiger partial charge in [-0.25, -0.2) is 0 Å². The van der Waals surface area contributed by atoms with E-state index >= 15 is 0 Å². The molecule has 2 atom stereocenters. The van der Waals surface area contributed by atoms with Gasteiger partial charge in [0.05, 0.1) is 0 Å². The SMILES string of the molecule is C1=CCC2C=Cc3cccc(C4C=C(c5cccc(-c6cc7ccccc7c7ccccc67)c5)C=CC4)c3C2=C1. The van der Waals surface area contributed by atoms with E-state index in [1.54, 1.807) is 0 Å². The predicted octanol–water partition coefficient (Wildman–Crippen LogP) is 10.8. The predicted molar refractivity (Wildman–Crippen MR) is 172 cm³/mol. The molecule has 190 valence electrons. The van der Waals surface area contributed by atoms with Crippen LogP contribution in [0.4, 0.5) is 0 Å². The minimum absolute atomic E-state index is 0.360. The second-order valence-electron chi connectivity index (χ2n) is 11.2. The maximum Gasteiger partial charge on any atom is 0.00680 e. The second kappa shape index (κ2) is 9.50. The van der Waals surface area contributed by atoms with Gasteiger partial charge in [-0.2, -0.15) is 0 Å². The zero-order valence-corrected chi connectivity index (χ0v) is 22.4. The van der Waals surface area contributed by atoms with Crippen LogP contribution in [0.3, 0.4) is 0 Å². The van der Waals surface area contributed by atoms with Gasteiger partial charge in [-0.15, -0.1) is 0 Å². The summed E-state index contributed by atoms with van der Waals surface area (Å²) in [6.07, 6.45) is 20.9. The van der Waals surface area contributed by atoms with E-state index in [2.05, 4.69) is 146 Å². The molecule has 0 nitrogen and oxygen atoms in total. The average Bonchev–Trinajstić information content (AvgIpc) is 3.04. The van der Waals surface area contributed by atoms with E-state index in [-0.39, 0.29) is 0 Å². The molecular formula is C40H30. The molecule has 40 heavy (non-hydrogen) atoms. The van der Waals surface area contributed by atoms with Crippen LogP contribution in [0, 0.1) is 5.92 Å². The van der Waals surface area contributed by atoms with Crippen LogP contribution in [-0.2, 0) is 0 Å². The molecule has 0 heteroatoms. The summed E-state index contributed by atoms with van der Waals surface area (Å²) in [6, 6.07) is 35.9. The first-order valence-corrected chi connectivity index (χ1v) is 14.4. The normalized spacial score (nSPS) is 19.3. The summed E-state index contributed by atoms with van der Waals surface area (Å²) in [6.45, 7) is 0. The molecule has 3 aliphatic carbocycles. The van der Waals surface area contributed by atoms with Crippen LogP contribution in [0.15, 0.2) is 140 Å². The van der Waals surface area contributed by atoms with E-state index < -0.39 is 0 Å². The molecule has 0 N–H and O–H groups in total. The quantitative estimate of drug-likeness (QED) is 0.212. The Morgan fingerprint density at radius 3 is 2.35 bits per heavy atom. The average molecular weight is 511 g/mol. The van der Waals surface area contributed by atoms with Gasteiger partial charge < -0.3 is 0 Å². The fourth-order valence-corrected chi connectivity index (χ4v) is 6.94. The van der Waals surface area contributed by atoms with E-state index in [4.69, 9.17) is 0 Å². The van der Waals surface area contributed by atoms with E-state index in [1.165, 1.54) is 66.1 Å². The monoisotopic (exact) mass is 510 g/mol. The third-order valence-electron chi connectivity index (χ3n) is 8.87. The molecule has 0 aromatic heterocycles. The van der Waals surface area contributed by atoms with Gasteiger partial charge in [-0.05, 0) is 91.0 Å². The summed E-state index contributed by atoms with van der Waals surface area (Å²) in [5, 5.41) is 5.21. The fourth-order valence-electron chi connectivity index (χ4n) is 6.94. The highest BCUT2D eigenvalue weighted by Crippen LogP contribution is 2.44. The zero-order valence-electron chi connectivity index (χ0n) is 22.4. The van der Waals surface area contributed by atoms with Gasteiger partial charge in [-0.1, -0.05) is 134 Å². The Morgan fingerprint density at radius 2 is 1.40 bits per heavy atom. The van der Waals surface area contributed by atoms with Crippen LogP contribution >= 0.6 is 0 Å². The number of allylic oxidation sites excluding steroid dienone is 9. The highest BCUT2D eigenvalue weighted by atomic mass is 14.3. The van der Waals surface area contributed by atoms with Crippen molar-refractivity contribution in [3.63, 3.8) is 0 Å². The van der Waals surface area contributed by atoms with Crippen LogP contribution in [0.5, 0.6) is 0 Å². The van der Waals surface area contributed by atoms with E-state index in [1.807, 2.05) is 0 Å². The van der Waals surface area contributed by atoms with Crippen molar-refractivity contribution in [1.82, 2.24) is 0 Å². The lowest BCUT2D eigenvalue weighted by molar-refractivity contribution is 0.818. The summed E-state index contributed by atoms with van der Waals surface area (Å²) < 4.78 is 0. The Labute approximate surface area is 236 Å². The molecule has 8 rings (SSSR count). The highest BCUT2D eigenvalue weighted by Gasteiger charge is 2.26. The molecule has 0 radical (unpaired) electrons. The van der Waals surface area contributed by atoms with E-state index in [0.717, 1.165) is 12.8 Å². The molecule has 5 aromatic carbocycles. The summed E-state index contributed by atoms with van der Waals surface area (Å²) in [7, 11) is 0. The van der Waals surface area contributed by atoms with E-state index in [9.17, 15) is 0 Å². The summed E-state index contributed by atoms with van der Waals surface area (Å²) in [5.74, 6) is 0.855. The second-order valence-corrected chi connectivity index (χ2v) is 11.2. The van der Waals surface area contributed by atoms with Crippen LogP contribution < -0.4 is 0 Å². The molecule has 0 heterocycles. The first kappa shape index (κ1) is 23.2. The summed E-state index contributed by atoms with van der Waals surface area (Å²) >= 11 is 0. The smallest absolute Gasteiger partial charge is 0.00680 e. The maximum atomic E-state index is 2.50. The number of benzene rings is 5. The first-order chi connectivity index (χ1) is 19.8. The molecular weight excluding hydrogens is 480 g/mol. The summed E-state index contributed by atoms with van der Waals surface area (Å²) in [4.78, 5) is 0. The zero-order chi connectivity index (χ0) is 26.5. The topological polar surface area (TPSA) is 0 Å². The molecule has 2 unspecified atom stereocenters. The van der Waals surface area contributed by atoms with Crippen LogP contribution in [0.1, 0.15) is 41.0 Å². The Hall–Kier alpha value is -4.68. The fraction of sp³-hybridized carbons (Fsp3) is 0.100. The molecule has 0 fully saturated rings. The van der Waals surface area contributed by atoms with Gasteiger partial charge in [0.15, 0.2) is 0 Å². The molecule has 0 aliphatic heterocycles. The lowest BCUT2D eigenvalue weighted by Crippen LogP contribution is -2.12. The molecule has 0 saturated carbocycles. The first-order valence-electron chi connectivity index (χ1n) is 14.4. The van der Waals surface area contributed by atoms with Crippen molar-refractivity contribution in [2.75, 3.05) is 0 Å². The Kier molecular flexibility index (Phi) is 5.52. The van der Waals surface area contributed by atoms with Gasteiger partial charge in [-0.3, -0.25) is 0 Å². The van der Waals surface area contributed by atoms with Crippen molar-refractivity contribution in [2.45, 2.75) is 18.8 Å². The number of hydrogen-bond acceptors (Lipinski definition) is 0. The standard InChI is InChI=1S/C40H30/c1-4-18-35-27(10-1)22-23-28-12-9-21-36(40(28)35)31-15-7-13-29(24-31)30-14-8-16-32(25-30)39-26-33-11-2-3-17-34(33)37-19-5-6-20-38(37)39/h1-9,11-14,16-27,31H,10,15H2. The van der Waals surface area contributed by atoms with Crippen LogP contribution in [0.2, 0.25) is 0 Å². The number of fused-ring (bicyclic) bond motifs is 6. The van der Waals surface area contributed by atoms with Crippen LogP contribution in [-0.4, -0.2) is 0 Å². The summed E-state index contributed by atoms with van der Waals surface area (Å²) in [5.41, 5.74) is 10.9. The van der Waals surface area contributed by atoms with Gasteiger partial charge in [0, 0.05) is 11.8 Å². The minimum Gasteiger partial charge on any atom is -0.0836 e. The molecule has 3 aliphatic rings. The molecule has 0 saturated heterocycles. The third-order valence-corrected chi connectivity index (χ3v) is 8.87. The van der Waals surface area contributed by atoms with E-state index in [0.29, 0.717) is 11.8 Å². The van der Waals surface area contributed by atoms with Crippen molar-refractivity contribution in [3.8, 4) is 11.1 Å². The van der Waals surface area contributed by atoms with Gasteiger partial charge >= 0.3 is 0 Å². The molecule has 0 spiro atoms. The maximum absolute atomic E-state index is 2.50.